The third kappa shape index (κ3) is 3.24. The van der Waals surface area contributed by atoms with Crippen LogP contribution >= 0.6 is 0 Å². The van der Waals surface area contributed by atoms with E-state index in [-0.39, 0.29) is 16.7 Å². The highest BCUT2D eigenvalue weighted by Gasteiger charge is 2.23. The Hall–Kier alpha value is -3.69. The lowest BCUT2D eigenvalue weighted by Crippen LogP contribution is -2.28. The SMILES string of the molecule is [2H]C([2H])([2H])OC(=O)c1c(N)c2ccc(OC(F)F)nc2n(-c2ccc(N)cc2)c1=O. The minimum absolute atomic E-state index is 0.00512. The second kappa shape index (κ2) is 6.90. The average molecular weight is 379 g/mol. The molecule has 0 radical (unpaired) electrons. The van der Waals surface area contributed by atoms with E-state index in [1.165, 1.54) is 30.3 Å². The third-order valence-electron chi connectivity index (χ3n) is 3.70. The summed E-state index contributed by atoms with van der Waals surface area (Å²) in [6.07, 6.45) is 0. The summed E-state index contributed by atoms with van der Waals surface area (Å²) >= 11 is 0. The number of carbonyl (C=O) groups is 1. The Bertz CT molecular complexity index is 1180. The van der Waals surface area contributed by atoms with Crippen LogP contribution in [0.1, 0.15) is 14.5 Å². The first kappa shape index (κ1) is 14.5. The van der Waals surface area contributed by atoms with Crippen LogP contribution < -0.4 is 21.8 Å². The number of aromatic nitrogens is 2. The van der Waals surface area contributed by atoms with Gasteiger partial charge in [-0.15, -0.1) is 0 Å². The summed E-state index contributed by atoms with van der Waals surface area (Å²) in [5, 5.41) is 0.00512. The average Bonchev–Trinajstić information content (AvgIpc) is 2.61. The molecule has 0 unspecified atom stereocenters. The zero-order valence-electron chi connectivity index (χ0n) is 16.5. The van der Waals surface area contributed by atoms with Gasteiger partial charge >= 0.3 is 12.6 Å². The molecule has 0 aliphatic rings. The van der Waals surface area contributed by atoms with Crippen LogP contribution in [0.15, 0.2) is 41.2 Å². The van der Waals surface area contributed by atoms with Crippen molar-refractivity contribution in [2.45, 2.75) is 6.61 Å². The standard InChI is InChI=1S/C17H14F2N4O4/c1-26-16(25)12-13(21)10-6-7-11(27-17(18)19)22-14(10)23(15(12)24)9-4-2-8(20)3-5-9/h2-7,17H,20-21H2,1H3/i1D3. The molecule has 0 aliphatic heterocycles. The van der Waals surface area contributed by atoms with Crippen molar-refractivity contribution in [1.29, 1.82) is 0 Å². The molecule has 140 valence electrons. The number of alkyl halides is 2. The number of fused-ring (bicyclic) bond motifs is 1. The molecular weight excluding hydrogens is 362 g/mol. The molecule has 3 rings (SSSR count). The van der Waals surface area contributed by atoms with Gasteiger partial charge in [0.2, 0.25) is 5.88 Å². The van der Waals surface area contributed by atoms with Gasteiger partial charge in [0.05, 0.1) is 22.5 Å². The number of nitrogens with two attached hydrogens (primary N) is 2. The molecule has 0 atom stereocenters. The quantitative estimate of drug-likeness (QED) is 0.524. The summed E-state index contributed by atoms with van der Waals surface area (Å²) in [6.45, 7) is -3.17. The molecule has 1 aromatic carbocycles. The molecule has 27 heavy (non-hydrogen) atoms. The van der Waals surface area contributed by atoms with Crippen molar-refractivity contribution in [1.82, 2.24) is 9.55 Å². The molecular formula is C17H14F2N4O4. The maximum atomic E-state index is 13.1. The maximum Gasteiger partial charge on any atom is 0.388 e. The Balaban J connectivity index is 2.36. The lowest BCUT2D eigenvalue weighted by molar-refractivity contribution is -0.0526. The van der Waals surface area contributed by atoms with Crippen LogP contribution in [0, 0.1) is 0 Å². The number of nitrogen functional groups attached to an aromatic ring is 2. The van der Waals surface area contributed by atoms with Crippen LogP contribution in [0.3, 0.4) is 0 Å². The van der Waals surface area contributed by atoms with Crippen LogP contribution in [0.2, 0.25) is 0 Å². The number of nitrogens with zero attached hydrogens (tertiary/aromatic N) is 2. The summed E-state index contributed by atoms with van der Waals surface area (Å²) < 4.78 is 55.9. The van der Waals surface area contributed by atoms with E-state index in [0.717, 1.165) is 10.6 Å². The second-order valence-electron chi connectivity index (χ2n) is 5.31. The van der Waals surface area contributed by atoms with E-state index in [9.17, 15) is 18.4 Å². The summed E-state index contributed by atoms with van der Waals surface area (Å²) in [7, 11) is -3.12. The van der Waals surface area contributed by atoms with Gasteiger partial charge in [-0.2, -0.15) is 13.8 Å². The fourth-order valence-corrected chi connectivity index (χ4v) is 2.54. The van der Waals surface area contributed by atoms with E-state index >= 15 is 0 Å². The summed E-state index contributed by atoms with van der Waals surface area (Å²) in [4.78, 5) is 29.3. The van der Waals surface area contributed by atoms with E-state index in [1.807, 2.05) is 0 Å². The molecule has 0 bridgehead atoms. The summed E-state index contributed by atoms with van der Waals surface area (Å²) in [6, 6.07) is 7.98. The van der Waals surface area contributed by atoms with Crippen LogP contribution in [-0.2, 0) is 4.74 Å². The third-order valence-corrected chi connectivity index (χ3v) is 3.70. The molecule has 0 saturated carbocycles. The number of hydrogen-bond acceptors (Lipinski definition) is 7. The van der Waals surface area contributed by atoms with Crippen molar-refractivity contribution in [3.8, 4) is 11.6 Å². The van der Waals surface area contributed by atoms with Gasteiger partial charge in [-0.05, 0) is 30.3 Å². The van der Waals surface area contributed by atoms with Crippen LogP contribution in [0.25, 0.3) is 16.7 Å². The van der Waals surface area contributed by atoms with Crippen molar-refractivity contribution in [3.05, 3.63) is 52.3 Å². The van der Waals surface area contributed by atoms with Crippen molar-refractivity contribution in [2.75, 3.05) is 18.5 Å². The largest absolute Gasteiger partial charge is 0.465 e. The lowest BCUT2D eigenvalue weighted by atomic mass is 10.1. The molecule has 10 heteroatoms. The first-order valence-corrected chi connectivity index (χ1v) is 7.37. The van der Waals surface area contributed by atoms with E-state index in [2.05, 4.69) is 14.5 Å². The predicted octanol–water partition coefficient (Wildman–Crippen LogP) is 1.94. The summed E-state index contributed by atoms with van der Waals surface area (Å²) in [5.41, 5.74) is 9.63. The molecule has 2 heterocycles. The number of carbonyl (C=O) groups excluding carboxylic acids is 1. The molecule has 0 fully saturated rings. The molecule has 0 saturated heterocycles. The number of hydrogen-bond donors (Lipinski definition) is 2. The van der Waals surface area contributed by atoms with Crippen LogP contribution in [-0.4, -0.2) is 29.2 Å². The van der Waals surface area contributed by atoms with Crippen molar-refractivity contribution >= 4 is 28.4 Å². The lowest BCUT2D eigenvalue weighted by Gasteiger charge is -2.15. The highest BCUT2D eigenvalue weighted by molar-refractivity contribution is 6.03. The number of benzene rings is 1. The Morgan fingerprint density at radius 3 is 2.56 bits per heavy atom. The van der Waals surface area contributed by atoms with E-state index in [1.54, 1.807) is 0 Å². The topological polar surface area (TPSA) is 122 Å². The van der Waals surface area contributed by atoms with Gasteiger partial charge in [-0.3, -0.25) is 9.36 Å². The van der Waals surface area contributed by atoms with Gasteiger partial charge in [0.15, 0.2) is 5.65 Å². The minimum atomic E-state index is -3.17. The Morgan fingerprint density at radius 1 is 1.22 bits per heavy atom. The second-order valence-corrected chi connectivity index (χ2v) is 5.31. The fourth-order valence-electron chi connectivity index (χ4n) is 2.54. The first-order chi connectivity index (χ1) is 14.0. The molecule has 4 N–H and O–H groups in total. The van der Waals surface area contributed by atoms with Gasteiger partial charge in [0.25, 0.3) is 5.56 Å². The number of pyridine rings is 2. The first-order valence-electron chi connectivity index (χ1n) is 8.87. The van der Waals surface area contributed by atoms with Crippen molar-refractivity contribution in [2.24, 2.45) is 0 Å². The van der Waals surface area contributed by atoms with E-state index in [0.29, 0.717) is 5.69 Å². The van der Waals surface area contributed by atoms with Crippen molar-refractivity contribution in [3.63, 3.8) is 0 Å². The van der Waals surface area contributed by atoms with Gasteiger partial charge in [-0.25, -0.2) is 4.79 Å². The molecule has 0 aliphatic carbocycles. The minimum Gasteiger partial charge on any atom is -0.465 e. The monoisotopic (exact) mass is 379 g/mol. The summed E-state index contributed by atoms with van der Waals surface area (Å²) in [5.74, 6) is -1.98. The van der Waals surface area contributed by atoms with Crippen LogP contribution in [0.4, 0.5) is 20.2 Å². The van der Waals surface area contributed by atoms with Gasteiger partial charge in [0, 0.05) is 17.1 Å². The zero-order chi connectivity index (χ0) is 22.2. The van der Waals surface area contributed by atoms with E-state index < -0.39 is 42.3 Å². The Kier molecular flexibility index (Phi) is 3.70. The number of methoxy groups -OCH3 is 1. The number of rotatable bonds is 4. The number of esters is 1. The van der Waals surface area contributed by atoms with Gasteiger partial charge in [-0.1, -0.05) is 0 Å². The van der Waals surface area contributed by atoms with Gasteiger partial charge in [0.1, 0.15) is 5.56 Å². The predicted molar refractivity (Wildman–Crippen MR) is 94.1 cm³/mol. The zero-order valence-corrected chi connectivity index (χ0v) is 13.5. The normalized spacial score (nSPS) is 13.1. The highest BCUT2D eigenvalue weighted by atomic mass is 19.3. The van der Waals surface area contributed by atoms with Gasteiger partial charge < -0.3 is 20.9 Å². The Morgan fingerprint density at radius 2 is 1.93 bits per heavy atom. The molecule has 2 aromatic heterocycles. The smallest absolute Gasteiger partial charge is 0.388 e. The number of halogens is 2. The highest BCUT2D eigenvalue weighted by Crippen LogP contribution is 2.27. The molecule has 8 nitrogen and oxygen atoms in total. The fraction of sp³-hybridized carbons (Fsp3) is 0.118. The van der Waals surface area contributed by atoms with Crippen molar-refractivity contribution < 1.29 is 27.2 Å². The molecule has 0 amide bonds. The number of anilines is 2. The maximum absolute atomic E-state index is 13.1. The number of ether oxygens (including phenoxy) is 2. The molecule has 3 aromatic rings. The van der Waals surface area contributed by atoms with E-state index in [4.69, 9.17) is 15.6 Å². The molecule has 0 spiro atoms. The van der Waals surface area contributed by atoms with Crippen LogP contribution in [0.5, 0.6) is 5.88 Å². The Labute approximate surface area is 155 Å².